The molecule has 0 bridgehead atoms. The maximum atomic E-state index is 12.7. The van der Waals surface area contributed by atoms with Gasteiger partial charge in [-0.3, -0.25) is 15.0 Å². The summed E-state index contributed by atoms with van der Waals surface area (Å²) in [4.78, 5) is 36.5. The molecule has 11 heteroatoms. The number of carbonyl (C=O) groups is 3. The van der Waals surface area contributed by atoms with E-state index in [-0.39, 0.29) is 11.2 Å². The minimum absolute atomic E-state index is 0.0731. The molecule has 0 aromatic heterocycles. The normalized spacial score (nSPS) is 11.1. The van der Waals surface area contributed by atoms with Gasteiger partial charge >= 0.3 is 5.97 Å². The summed E-state index contributed by atoms with van der Waals surface area (Å²) in [6.07, 6.45) is -0.106. The zero-order valence-corrected chi connectivity index (χ0v) is 15.0. The van der Waals surface area contributed by atoms with Crippen LogP contribution in [0.1, 0.15) is 11.1 Å². The molecular formula is C14H19N3O7S. The lowest BCUT2D eigenvalue weighted by atomic mass is 10.1. The summed E-state index contributed by atoms with van der Waals surface area (Å²) >= 11 is 0. The zero-order valence-electron chi connectivity index (χ0n) is 14.2. The first-order valence-electron chi connectivity index (χ1n) is 6.94. The van der Waals surface area contributed by atoms with Gasteiger partial charge in [-0.25, -0.2) is 13.2 Å². The van der Waals surface area contributed by atoms with Gasteiger partial charge in [-0.05, 0) is 37.1 Å². The van der Waals surface area contributed by atoms with Crippen molar-refractivity contribution in [3.05, 3.63) is 23.3 Å². The van der Waals surface area contributed by atoms with Crippen LogP contribution in [-0.2, 0) is 29.2 Å². The van der Waals surface area contributed by atoms with E-state index < -0.39 is 28.4 Å². The number of ether oxygens (including phenoxy) is 1. The number of methoxy groups -OCH3 is 1. The third-order valence-electron chi connectivity index (χ3n) is 3.14. The minimum atomic E-state index is -3.94. The number of hydrogen-bond acceptors (Lipinski definition) is 8. The number of nitrogens with one attached hydrogen (secondary N) is 2. The van der Waals surface area contributed by atoms with Gasteiger partial charge in [0.15, 0.2) is 0 Å². The lowest BCUT2D eigenvalue weighted by Crippen LogP contribution is -2.45. The van der Waals surface area contributed by atoms with E-state index >= 15 is 0 Å². The molecule has 0 aliphatic carbocycles. The number of hydrogen-bond donors (Lipinski definition) is 2. The highest BCUT2D eigenvalue weighted by atomic mass is 32.2. The monoisotopic (exact) mass is 373 g/mol. The van der Waals surface area contributed by atoms with Crippen molar-refractivity contribution in [2.45, 2.75) is 18.7 Å². The highest BCUT2D eigenvalue weighted by molar-refractivity contribution is 7.89. The van der Waals surface area contributed by atoms with Crippen molar-refractivity contribution in [1.29, 1.82) is 0 Å². The minimum Gasteiger partial charge on any atom is -0.497 e. The Balaban J connectivity index is 2.87. The topological polar surface area (TPSA) is 131 Å². The Kier molecular flexibility index (Phi) is 7.03. The SMILES string of the molecule is COc1cc(C)c(S(=O)(=O)N(C)CC(=O)NNOC(=O)C=O)c(C)c1. The van der Waals surface area contributed by atoms with Crippen LogP contribution in [0.4, 0.5) is 0 Å². The number of benzene rings is 1. The lowest BCUT2D eigenvalue weighted by Gasteiger charge is -2.20. The third kappa shape index (κ3) is 5.24. The summed E-state index contributed by atoms with van der Waals surface area (Å²) < 4.78 is 31.3. The number of nitrogens with zero attached hydrogens (tertiary/aromatic N) is 1. The van der Waals surface area contributed by atoms with Gasteiger partial charge in [-0.2, -0.15) is 4.31 Å². The van der Waals surface area contributed by atoms with E-state index in [4.69, 9.17) is 4.74 Å². The summed E-state index contributed by atoms with van der Waals surface area (Å²) in [7, 11) is -1.23. The molecule has 10 nitrogen and oxygen atoms in total. The number of carbonyl (C=O) groups excluding carboxylic acids is 3. The van der Waals surface area contributed by atoms with Gasteiger partial charge in [0, 0.05) is 7.05 Å². The van der Waals surface area contributed by atoms with Crippen LogP contribution < -0.4 is 15.8 Å². The largest absolute Gasteiger partial charge is 0.497 e. The molecule has 0 aliphatic heterocycles. The first-order valence-corrected chi connectivity index (χ1v) is 8.39. The van der Waals surface area contributed by atoms with Gasteiger partial charge in [0.05, 0.1) is 18.6 Å². The number of aldehydes is 1. The van der Waals surface area contributed by atoms with Gasteiger partial charge in [0.2, 0.25) is 16.3 Å². The average Bonchev–Trinajstić information content (AvgIpc) is 2.53. The molecule has 0 unspecified atom stereocenters. The maximum absolute atomic E-state index is 12.7. The average molecular weight is 373 g/mol. The molecule has 0 spiro atoms. The van der Waals surface area contributed by atoms with E-state index in [1.54, 1.807) is 31.6 Å². The summed E-state index contributed by atoms with van der Waals surface area (Å²) in [5.74, 6) is -1.52. The first kappa shape index (κ1) is 20.5. The summed E-state index contributed by atoms with van der Waals surface area (Å²) in [6.45, 7) is 2.70. The second-order valence-electron chi connectivity index (χ2n) is 5.04. The van der Waals surface area contributed by atoms with Crippen LogP contribution in [0.2, 0.25) is 0 Å². The number of amides is 1. The van der Waals surface area contributed by atoms with Crippen molar-refractivity contribution in [2.24, 2.45) is 0 Å². The molecule has 1 aromatic rings. The molecule has 0 saturated carbocycles. The van der Waals surface area contributed by atoms with Crippen molar-refractivity contribution in [1.82, 2.24) is 15.3 Å². The Bertz CT molecular complexity index is 754. The van der Waals surface area contributed by atoms with Gasteiger partial charge < -0.3 is 9.57 Å². The molecule has 0 aliphatic rings. The van der Waals surface area contributed by atoms with Crippen molar-refractivity contribution >= 4 is 28.2 Å². The maximum Gasteiger partial charge on any atom is 0.391 e. The van der Waals surface area contributed by atoms with Gasteiger partial charge in [-0.1, -0.05) is 5.59 Å². The number of aryl methyl sites for hydroxylation is 2. The lowest BCUT2D eigenvalue weighted by molar-refractivity contribution is -0.158. The van der Waals surface area contributed by atoms with Gasteiger partial charge in [0.1, 0.15) is 5.75 Å². The predicted molar refractivity (Wildman–Crippen MR) is 85.7 cm³/mol. The van der Waals surface area contributed by atoms with E-state index in [2.05, 4.69) is 4.84 Å². The molecular weight excluding hydrogens is 354 g/mol. The van der Waals surface area contributed by atoms with Gasteiger partial charge in [-0.15, -0.1) is 0 Å². The molecule has 0 heterocycles. The Morgan fingerprint density at radius 1 is 1.24 bits per heavy atom. The van der Waals surface area contributed by atoms with Crippen LogP contribution in [0.15, 0.2) is 17.0 Å². The fourth-order valence-electron chi connectivity index (χ4n) is 2.07. The van der Waals surface area contributed by atoms with Gasteiger partial charge in [0.25, 0.3) is 5.91 Å². The molecule has 0 radical (unpaired) electrons. The third-order valence-corrected chi connectivity index (χ3v) is 5.25. The van der Waals surface area contributed by atoms with E-state index in [0.29, 0.717) is 16.9 Å². The summed E-state index contributed by atoms with van der Waals surface area (Å²) in [6, 6.07) is 3.16. The Morgan fingerprint density at radius 2 is 1.80 bits per heavy atom. The predicted octanol–water partition coefficient (Wildman–Crippen LogP) is -0.790. The Morgan fingerprint density at radius 3 is 2.28 bits per heavy atom. The molecule has 2 N–H and O–H groups in total. The highest BCUT2D eigenvalue weighted by Gasteiger charge is 2.27. The number of likely N-dealkylation sites (N-methyl/N-ethyl adjacent to an activating group) is 1. The molecule has 0 atom stereocenters. The fourth-order valence-corrected chi connectivity index (χ4v) is 3.61. The quantitative estimate of drug-likeness (QED) is 0.344. The number of hydrazine groups is 1. The summed E-state index contributed by atoms with van der Waals surface area (Å²) in [5, 5.41) is 0. The van der Waals surface area contributed by atoms with Crippen molar-refractivity contribution in [3.8, 4) is 5.75 Å². The molecule has 25 heavy (non-hydrogen) atoms. The van der Waals surface area contributed by atoms with Crippen LogP contribution >= 0.6 is 0 Å². The van der Waals surface area contributed by atoms with E-state index in [9.17, 15) is 22.8 Å². The van der Waals surface area contributed by atoms with Crippen molar-refractivity contribution < 1.29 is 32.4 Å². The number of sulfonamides is 1. The fraction of sp³-hybridized carbons (Fsp3) is 0.357. The second-order valence-corrected chi connectivity index (χ2v) is 7.02. The van der Waals surface area contributed by atoms with E-state index in [1.807, 2.05) is 5.43 Å². The van der Waals surface area contributed by atoms with Crippen LogP contribution in [-0.4, -0.2) is 51.6 Å². The van der Waals surface area contributed by atoms with Crippen LogP contribution in [0.5, 0.6) is 5.75 Å². The second kappa shape index (κ2) is 8.55. The van der Waals surface area contributed by atoms with E-state index in [1.165, 1.54) is 14.2 Å². The highest BCUT2D eigenvalue weighted by Crippen LogP contribution is 2.27. The number of rotatable bonds is 8. The summed E-state index contributed by atoms with van der Waals surface area (Å²) in [5.41, 5.74) is 4.63. The molecule has 1 amide bonds. The molecule has 138 valence electrons. The molecule has 0 fully saturated rings. The molecule has 1 rings (SSSR count). The van der Waals surface area contributed by atoms with Crippen LogP contribution in [0, 0.1) is 13.8 Å². The zero-order chi connectivity index (χ0) is 19.2. The van der Waals surface area contributed by atoms with Crippen LogP contribution in [0.3, 0.4) is 0 Å². The van der Waals surface area contributed by atoms with E-state index in [0.717, 1.165) is 4.31 Å². The Hall–Kier alpha value is -2.50. The Labute approximate surface area is 145 Å². The molecule has 1 aromatic carbocycles. The van der Waals surface area contributed by atoms with Crippen molar-refractivity contribution in [2.75, 3.05) is 20.7 Å². The van der Waals surface area contributed by atoms with Crippen molar-refractivity contribution in [3.63, 3.8) is 0 Å². The smallest absolute Gasteiger partial charge is 0.391 e. The first-order chi connectivity index (χ1) is 11.6. The molecule has 0 saturated heterocycles. The van der Waals surface area contributed by atoms with Crippen LogP contribution in [0.25, 0.3) is 0 Å². The standard InChI is InChI=1S/C14H19N3O7S/c1-9-5-11(23-4)6-10(2)14(9)25(21,22)17(3)7-12(19)15-16-24-13(20)8-18/h5-6,8,16H,7H2,1-4H3,(H,15,19).